The summed E-state index contributed by atoms with van der Waals surface area (Å²) in [4.78, 5) is 31.7. The van der Waals surface area contributed by atoms with E-state index in [-0.39, 0.29) is 17.8 Å². The molecule has 2 aromatic heterocycles. The topological polar surface area (TPSA) is 91.8 Å². The number of imidazole rings is 1. The van der Waals surface area contributed by atoms with Crippen LogP contribution in [0.15, 0.2) is 47.4 Å². The van der Waals surface area contributed by atoms with Crippen LogP contribution in [-0.4, -0.2) is 27.1 Å². The molecule has 4 rings (SSSR count). The molecule has 152 valence electrons. The largest absolute Gasteiger partial charge is 0.336 e. The Hall–Kier alpha value is -2.80. The van der Waals surface area contributed by atoms with E-state index in [1.165, 1.54) is 17.4 Å². The number of aromatic amines is 1. The first kappa shape index (κ1) is 19.5. The van der Waals surface area contributed by atoms with E-state index in [0.29, 0.717) is 35.2 Å². The van der Waals surface area contributed by atoms with Crippen LogP contribution in [0.25, 0.3) is 11.2 Å². The Kier molecular flexibility index (Phi) is 5.85. The fourth-order valence-electron chi connectivity index (χ4n) is 4.13. The Morgan fingerprint density at radius 1 is 1.28 bits per heavy atom. The number of hydrogen-bond donors (Lipinski definition) is 3. The zero-order valence-electron chi connectivity index (χ0n) is 16.0. The summed E-state index contributed by atoms with van der Waals surface area (Å²) < 4.78 is 1.53. The number of halogens is 1. The monoisotopic (exact) mass is 413 g/mol. The molecule has 2 amide bonds. The smallest absolute Gasteiger partial charge is 0.327 e. The second-order valence-corrected chi connectivity index (χ2v) is 7.87. The van der Waals surface area contributed by atoms with Gasteiger partial charge in [0.05, 0.1) is 11.6 Å². The predicted molar refractivity (Wildman–Crippen MR) is 113 cm³/mol. The Balaban J connectivity index is 1.40. The van der Waals surface area contributed by atoms with Gasteiger partial charge >= 0.3 is 11.7 Å². The number of rotatable bonds is 6. The van der Waals surface area contributed by atoms with E-state index in [2.05, 4.69) is 20.6 Å². The van der Waals surface area contributed by atoms with E-state index >= 15 is 0 Å². The van der Waals surface area contributed by atoms with Crippen LogP contribution in [0.1, 0.15) is 37.3 Å². The van der Waals surface area contributed by atoms with E-state index in [1.807, 2.05) is 24.3 Å². The number of nitrogens with one attached hydrogen (secondary N) is 3. The molecule has 0 unspecified atom stereocenters. The lowest BCUT2D eigenvalue weighted by atomic mass is 9.92. The van der Waals surface area contributed by atoms with E-state index in [1.54, 1.807) is 18.3 Å². The number of nitrogens with zero attached hydrogens (tertiary/aromatic N) is 2. The molecular weight excluding hydrogens is 390 g/mol. The van der Waals surface area contributed by atoms with Gasteiger partial charge in [-0.05, 0) is 48.6 Å². The van der Waals surface area contributed by atoms with Gasteiger partial charge in [0.25, 0.3) is 0 Å². The van der Waals surface area contributed by atoms with Crippen molar-refractivity contribution in [3.63, 3.8) is 0 Å². The minimum atomic E-state index is -0.247. The highest BCUT2D eigenvalue weighted by molar-refractivity contribution is 6.30. The lowest BCUT2D eigenvalue weighted by molar-refractivity contribution is 0.230. The van der Waals surface area contributed by atoms with Gasteiger partial charge in [-0.2, -0.15) is 0 Å². The molecule has 0 radical (unpaired) electrons. The third-order valence-corrected chi connectivity index (χ3v) is 5.75. The molecule has 0 spiro atoms. The predicted octanol–water partition coefficient (Wildman–Crippen LogP) is 3.61. The van der Waals surface area contributed by atoms with Gasteiger partial charge in [0.2, 0.25) is 0 Å². The van der Waals surface area contributed by atoms with Gasteiger partial charge in [0.1, 0.15) is 0 Å². The molecule has 3 aromatic rings. The normalized spacial score (nSPS) is 15.5. The van der Waals surface area contributed by atoms with Crippen LogP contribution in [0, 0.1) is 5.92 Å². The quantitative estimate of drug-likeness (QED) is 0.576. The van der Waals surface area contributed by atoms with E-state index in [0.717, 1.165) is 18.4 Å². The molecule has 0 saturated heterocycles. The molecular formula is C21H24ClN5O2. The van der Waals surface area contributed by atoms with Gasteiger partial charge in [-0.25, -0.2) is 14.6 Å². The summed E-state index contributed by atoms with van der Waals surface area (Å²) in [6.45, 7) is 0.663. The molecule has 0 aliphatic heterocycles. The number of urea groups is 1. The average Bonchev–Trinajstić information content (AvgIpc) is 3.34. The molecule has 1 atom stereocenters. The summed E-state index contributed by atoms with van der Waals surface area (Å²) in [6, 6.07) is 10.9. The number of aromatic nitrogens is 3. The van der Waals surface area contributed by atoms with Crippen LogP contribution in [0.5, 0.6) is 0 Å². The molecule has 0 bridgehead atoms. The fraction of sp³-hybridized carbons (Fsp3) is 0.381. The summed E-state index contributed by atoms with van der Waals surface area (Å²) in [7, 11) is 0. The molecule has 1 saturated carbocycles. The van der Waals surface area contributed by atoms with Crippen LogP contribution in [-0.2, 0) is 6.54 Å². The lowest BCUT2D eigenvalue weighted by Gasteiger charge is -2.25. The number of hydrogen-bond acceptors (Lipinski definition) is 3. The van der Waals surface area contributed by atoms with Gasteiger partial charge in [-0.15, -0.1) is 0 Å². The zero-order valence-corrected chi connectivity index (χ0v) is 16.8. The molecule has 2 heterocycles. The molecule has 8 heteroatoms. The molecule has 29 heavy (non-hydrogen) atoms. The van der Waals surface area contributed by atoms with Crippen LogP contribution in [0.2, 0.25) is 5.02 Å². The van der Waals surface area contributed by atoms with Gasteiger partial charge in [-0.1, -0.05) is 36.6 Å². The first-order valence-electron chi connectivity index (χ1n) is 9.95. The van der Waals surface area contributed by atoms with Crippen LogP contribution < -0.4 is 16.3 Å². The van der Waals surface area contributed by atoms with Gasteiger partial charge in [0.15, 0.2) is 5.65 Å². The lowest BCUT2D eigenvalue weighted by Crippen LogP contribution is -2.41. The van der Waals surface area contributed by atoms with Crippen molar-refractivity contribution >= 4 is 28.8 Å². The van der Waals surface area contributed by atoms with Gasteiger partial charge < -0.3 is 15.6 Å². The zero-order chi connectivity index (χ0) is 20.2. The summed E-state index contributed by atoms with van der Waals surface area (Å²) >= 11 is 6.17. The molecule has 1 fully saturated rings. The van der Waals surface area contributed by atoms with Crippen LogP contribution >= 0.6 is 11.6 Å². The summed E-state index contributed by atoms with van der Waals surface area (Å²) in [5.41, 5.74) is 2.06. The second-order valence-electron chi connectivity index (χ2n) is 7.43. The van der Waals surface area contributed by atoms with Crippen molar-refractivity contribution < 1.29 is 4.79 Å². The van der Waals surface area contributed by atoms with Crippen molar-refractivity contribution in [2.24, 2.45) is 5.92 Å². The highest BCUT2D eigenvalue weighted by Crippen LogP contribution is 2.36. The number of amides is 2. The minimum Gasteiger partial charge on any atom is -0.336 e. The van der Waals surface area contributed by atoms with Crippen molar-refractivity contribution in [1.29, 1.82) is 0 Å². The Labute approximate surface area is 173 Å². The maximum atomic E-state index is 12.6. The van der Waals surface area contributed by atoms with Crippen molar-refractivity contribution in [3.8, 4) is 0 Å². The number of pyridine rings is 1. The fourth-order valence-corrected chi connectivity index (χ4v) is 4.33. The maximum Gasteiger partial charge on any atom is 0.327 e. The molecule has 1 aliphatic carbocycles. The Bertz CT molecular complexity index is 1050. The van der Waals surface area contributed by atoms with Gasteiger partial charge in [-0.3, -0.25) is 4.57 Å². The summed E-state index contributed by atoms with van der Waals surface area (Å²) in [5.74, 6) is 0.402. The van der Waals surface area contributed by atoms with E-state index in [9.17, 15) is 9.59 Å². The number of H-pyrrole nitrogens is 1. The van der Waals surface area contributed by atoms with Crippen molar-refractivity contribution in [3.05, 3.63) is 63.7 Å². The highest BCUT2D eigenvalue weighted by atomic mass is 35.5. The van der Waals surface area contributed by atoms with Crippen molar-refractivity contribution in [1.82, 2.24) is 25.2 Å². The first-order valence-corrected chi connectivity index (χ1v) is 10.3. The third kappa shape index (κ3) is 4.45. The second kappa shape index (κ2) is 8.69. The SMILES string of the molecule is O=C(NCCn1c(=O)[nH]c2cccnc21)N[C@H](c1cccc(Cl)c1)C1CCCC1. The van der Waals surface area contributed by atoms with Crippen molar-refractivity contribution in [2.45, 2.75) is 38.3 Å². The first-order chi connectivity index (χ1) is 14.1. The average molecular weight is 414 g/mol. The highest BCUT2D eigenvalue weighted by Gasteiger charge is 2.27. The Morgan fingerprint density at radius 2 is 2.10 bits per heavy atom. The van der Waals surface area contributed by atoms with Crippen LogP contribution in [0.3, 0.4) is 0 Å². The maximum absolute atomic E-state index is 12.6. The third-order valence-electron chi connectivity index (χ3n) is 5.52. The van der Waals surface area contributed by atoms with Gasteiger partial charge in [0, 0.05) is 24.3 Å². The van der Waals surface area contributed by atoms with E-state index < -0.39 is 0 Å². The molecule has 7 nitrogen and oxygen atoms in total. The van der Waals surface area contributed by atoms with Crippen LogP contribution in [0.4, 0.5) is 4.79 Å². The standard InChI is InChI=1S/C21H24ClN5O2/c22-16-8-3-7-15(13-16)18(14-5-1-2-6-14)26-20(28)24-11-12-27-19-17(25-21(27)29)9-4-10-23-19/h3-4,7-10,13-14,18H,1-2,5-6,11-12H2,(H,25,29)(H2,24,26,28)/t18-/m0/s1. The van der Waals surface area contributed by atoms with E-state index in [4.69, 9.17) is 11.6 Å². The number of benzene rings is 1. The summed E-state index contributed by atoms with van der Waals surface area (Å²) in [6.07, 6.45) is 6.19. The molecule has 1 aromatic carbocycles. The number of carbonyl (C=O) groups excluding carboxylic acids is 1. The number of fused-ring (bicyclic) bond motifs is 1. The molecule has 1 aliphatic rings. The Morgan fingerprint density at radius 3 is 2.90 bits per heavy atom. The summed E-state index contributed by atoms with van der Waals surface area (Å²) in [5, 5.41) is 6.65. The van der Waals surface area contributed by atoms with Crippen molar-refractivity contribution in [2.75, 3.05) is 6.54 Å². The molecule has 3 N–H and O–H groups in total. The number of carbonyl (C=O) groups is 1. The minimum absolute atomic E-state index is 0.0753.